The second kappa shape index (κ2) is 4.35. The van der Waals surface area contributed by atoms with Crippen LogP contribution >= 0.6 is 11.6 Å². The van der Waals surface area contributed by atoms with E-state index in [2.05, 4.69) is 27.4 Å². The van der Waals surface area contributed by atoms with Crippen molar-refractivity contribution in [3.8, 4) is 11.1 Å². The second-order valence-electron chi connectivity index (χ2n) is 4.62. The molecule has 20 heavy (non-hydrogen) atoms. The van der Waals surface area contributed by atoms with Gasteiger partial charge in [-0.3, -0.25) is 21.2 Å². The highest BCUT2D eigenvalue weighted by atomic mass is 35.5. The number of fused-ring (bicyclic) bond motifs is 1. The summed E-state index contributed by atoms with van der Waals surface area (Å²) in [6, 6.07) is 3.87. The van der Waals surface area contributed by atoms with Gasteiger partial charge >= 0.3 is 0 Å². The van der Waals surface area contributed by atoms with E-state index in [1.165, 1.54) is 0 Å². The lowest BCUT2D eigenvalue weighted by atomic mass is 10.1. The van der Waals surface area contributed by atoms with Crippen molar-refractivity contribution < 1.29 is 0 Å². The van der Waals surface area contributed by atoms with Gasteiger partial charge in [0.25, 0.3) is 0 Å². The van der Waals surface area contributed by atoms with Crippen LogP contribution in [0.15, 0.2) is 18.7 Å². The number of pyridine rings is 1. The zero-order valence-electron chi connectivity index (χ0n) is 11.1. The molecule has 0 fully saturated rings. The first kappa shape index (κ1) is 12.7. The first-order chi connectivity index (χ1) is 9.47. The lowest BCUT2D eigenvalue weighted by Crippen LogP contribution is -2.22. The van der Waals surface area contributed by atoms with Crippen molar-refractivity contribution in [1.29, 1.82) is 5.41 Å². The van der Waals surface area contributed by atoms with Crippen LogP contribution in [0.2, 0.25) is 5.15 Å². The minimum absolute atomic E-state index is 0.0266. The molecular formula is C13H13ClN6. The van der Waals surface area contributed by atoms with Crippen LogP contribution in [0, 0.1) is 19.3 Å². The highest BCUT2D eigenvalue weighted by molar-refractivity contribution is 6.32. The number of aromatic nitrogens is 3. The third kappa shape index (κ3) is 1.85. The number of halogens is 1. The summed E-state index contributed by atoms with van der Waals surface area (Å²) in [4.78, 5) is 8.42. The van der Waals surface area contributed by atoms with Gasteiger partial charge in [0, 0.05) is 11.4 Å². The van der Waals surface area contributed by atoms with Crippen molar-refractivity contribution in [2.75, 3.05) is 5.43 Å². The predicted octanol–water partition coefficient (Wildman–Crippen LogP) is 2.05. The monoisotopic (exact) mass is 288 g/mol. The van der Waals surface area contributed by atoms with Gasteiger partial charge in [0.2, 0.25) is 5.62 Å². The molecule has 0 spiro atoms. The van der Waals surface area contributed by atoms with Crippen LogP contribution in [0.1, 0.15) is 11.4 Å². The van der Waals surface area contributed by atoms with Crippen molar-refractivity contribution in [2.45, 2.75) is 13.8 Å². The van der Waals surface area contributed by atoms with E-state index in [1.54, 1.807) is 4.57 Å². The maximum Gasteiger partial charge on any atom is 0.230 e. The number of nitrogens with zero attached hydrogens (tertiary/aromatic N) is 3. The topological polar surface area (TPSA) is 78.6 Å². The molecule has 0 amide bonds. The summed E-state index contributed by atoms with van der Waals surface area (Å²) < 4.78 is 1.58. The average Bonchev–Trinajstić information content (AvgIpc) is 2.70. The Morgan fingerprint density at radius 1 is 1.20 bits per heavy atom. The summed E-state index contributed by atoms with van der Waals surface area (Å²) in [7, 11) is 0. The van der Waals surface area contributed by atoms with E-state index < -0.39 is 0 Å². The Hall–Kier alpha value is -2.34. The highest BCUT2D eigenvalue weighted by Gasteiger charge is 2.22. The standard InChI is InChI=1S/C13H13ClN6/c1-6-4-9(5-7(2)16-6)10-11(14)17-13(15)20-8(3)18-19-12(10)20/h4-5,15,18-19H,3H2,1-2H3. The molecule has 0 aromatic carbocycles. The molecule has 0 radical (unpaired) electrons. The van der Waals surface area contributed by atoms with Gasteiger partial charge in [-0.05, 0) is 31.5 Å². The third-order valence-corrected chi connectivity index (χ3v) is 3.32. The zero-order valence-corrected chi connectivity index (χ0v) is 11.8. The molecule has 0 unspecified atom stereocenters. The lowest BCUT2D eigenvalue weighted by Gasteiger charge is -2.11. The van der Waals surface area contributed by atoms with Crippen molar-refractivity contribution >= 4 is 23.2 Å². The number of hydrazine groups is 1. The molecule has 0 atom stereocenters. The quantitative estimate of drug-likeness (QED) is 0.702. The number of nitrogens with one attached hydrogen (secondary N) is 3. The molecule has 2 aromatic rings. The molecular weight excluding hydrogens is 276 g/mol. The van der Waals surface area contributed by atoms with Gasteiger partial charge in [-0.15, -0.1) is 0 Å². The molecule has 1 aliphatic rings. The van der Waals surface area contributed by atoms with Gasteiger partial charge in [-0.2, -0.15) is 0 Å². The van der Waals surface area contributed by atoms with Crippen LogP contribution in [-0.2, 0) is 0 Å². The molecule has 0 aliphatic carbocycles. The molecule has 3 rings (SSSR count). The van der Waals surface area contributed by atoms with Gasteiger partial charge in [0.05, 0.1) is 5.56 Å². The maximum atomic E-state index is 7.88. The van der Waals surface area contributed by atoms with Crippen LogP contribution in [0.5, 0.6) is 0 Å². The fourth-order valence-electron chi connectivity index (χ4n) is 2.32. The van der Waals surface area contributed by atoms with E-state index in [1.807, 2.05) is 26.0 Å². The first-order valence-corrected chi connectivity index (χ1v) is 6.39. The molecule has 0 saturated carbocycles. The zero-order chi connectivity index (χ0) is 14.4. The number of hydrogen-bond acceptors (Lipinski definition) is 5. The van der Waals surface area contributed by atoms with Crippen LogP contribution in [0.3, 0.4) is 0 Å². The molecule has 102 valence electrons. The fraction of sp³-hybridized carbons (Fsp3) is 0.154. The van der Waals surface area contributed by atoms with E-state index in [4.69, 9.17) is 17.0 Å². The molecule has 7 heteroatoms. The first-order valence-electron chi connectivity index (χ1n) is 6.01. The summed E-state index contributed by atoms with van der Waals surface area (Å²) in [5.74, 6) is 1.20. The van der Waals surface area contributed by atoms with Gasteiger partial charge in [-0.1, -0.05) is 18.2 Å². The van der Waals surface area contributed by atoms with Crippen molar-refractivity contribution in [3.05, 3.63) is 40.9 Å². The average molecular weight is 289 g/mol. The Morgan fingerprint density at radius 2 is 1.85 bits per heavy atom. The summed E-state index contributed by atoms with van der Waals surface area (Å²) in [5.41, 5.74) is 9.31. The van der Waals surface area contributed by atoms with Crippen molar-refractivity contribution in [3.63, 3.8) is 0 Å². The lowest BCUT2D eigenvalue weighted by molar-refractivity contribution is 0.883. The van der Waals surface area contributed by atoms with Crippen LogP contribution < -0.4 is 16.5 Å². The minimum atomic E-state index is 0.0266. The summed E-state index contributed by atoms with van der Waals surface area (Å²) >= 11 is 6.24. The number of anilines is 1. The van der Waals surface area contributed by atoms with E-state index in [0.29, 0.717) is 11.6 Å². The fourth-order valence-corrected chi connectivity index (χ4v) is 2.60. The van der Waals surface area contributed by atoms with E-state index >= 15 is 0 Å². The number of rotatable bonds is 1. The van der Waals surface area contributed by atoms with Crippen LogP contribution in [0.25, 0.3) is 16.9 Å². The predicted molar refractivity (Wildman–Crippen MR) is 77.9 cm³/mol. The SMILES string of the molecule is C=C1NNc2c(-c3cc(C)nc(C)c3)c(Cl)nc(=N)n21. The van der Waals surface area contributed by atoms with Gasteiger partial charge in [-0.25, -0.2) is 9.55 Å². The van der Waals surface area contributed by atoms with Crippen molar-refractivity contribution in [1.82, 2.24) is 20.0 Å². The summed E-state index contributed by atoms with van der Waals surface area (Å²) in [6.45, 7) is 7.68. The van der Waals surface area contributed by atoms with E-state index in [-0.39, 0.29) is 10.8 Å². The molecule has 6 nitrogen and oxygen atoms in total. The number of aryl methyl sites for hydroxylation is 2. The van der Waals surface area contributed by atoms with Crippen LogP contribution in [0.4, 0.5) is 5.82 Å². The molecule has 2 aromatic heterocycles. The highest BCUT2D eigenvalue weighted by Crippen LogP contribution is 2.35. The Bertz CT molecular complexity index is 772. The van der Waals surface area contributed by atoms with Gasteiger partial charge < -0.3 is 0 Å². The summed E-state index contributed by atoms with van der Waals surface area (Å²) in [5, 5.41) is 8.15. The smallest absolute Gasteiger partial charge is 0.230 e. The largest absolute Gasteiger partial charge is 0.284 e. The normalized spacial score (nSPS) is 12.8. The Labute approximate surface area is 120 Å². The molecule has 3 N–H and O–H groups in total. The maximum absolute atomic E-state index is 7.88. The van der Waals surface area contributed by atoms with E-state index in [9.17, 15) is 0 Å². The van der Waals surface area contributed by atoms with Gasteiger partial charge in [0.1, 0.15) is 16.8 Å². The number of hydrogen-bond donors (Lipinski definition) is 3. The molecule has 1 aliphatic heterocycles. The molecule has 0 saturated heterocycles. The minimum Gasteiger partial charge on any atom is -0.284 e. The third-order valence-electron chi connectivity index (χ3n) is 3.05. The summed E-state index contributed by atoms with van der Waals surface area (Å²) in [6.07, 6.45) is 0. The molecule has 0 bridgehead atoms. The Morgan fingerprint density at radius 3 is 2.50 bits per heavy atom. The van der Waals surface area contributed by atoms with Crippen LogP contribution in [-0.4, -0.2) is 14.5 Å². The molecule has 3 heterocycles. The van der Waals surface area contributed by atoms with Gasteiger partial charge in [0.15, 0.2) is 0 Å². The second-order valence-corrected chi connectivity index (χ2v) is 4.98. The van der Waals surface area contributed by atoms with E-state index in [0.717, 1.165) is 22.5 Å². The van der Waals surface area contributed by atoms with Crippen molar-refractivity contribution in [2.24, 2.45) is 0 Å². The Balaban J connectivity index is 2.35. The Kier molecular flexibility index (Phi) is 2.76.